The summed E-state index contributed by atoms with van der Waals surface area (Å²) >= 11 is 0. The number of ether oxygens (including phenoxy) is 1. The maximum atomic E-state index is 12.4. The average Bonchev–Trinajstić information content (AvgIpc) is 2.95. The van der Waals surface area contributed by atoms with Crippen LogP contribution >= 0.6 is 0 Å². The molecule has 2 unspecified atom stereocenters. The van der Waals surface area contributed by atoms with Gasteiger partial charge in [0.2, 0.25) is 0 Å². The number of rotatable bonds is 33. The van der Waals surface area contributed by atoms with E-state index in [0.29, 0.717) is 12.8 Å². The predicted octanol–water partition coefficient (Wildman–Crippen LogP) is 11.1. The van der Waals surface area contributed by atoms with Crippen LogP contribution in [-0.4, -0.2) is 34.4 Å². The zero-order chi connectivity index (χ0) is 30.2. The van der Waals surface area contributed by atoms with Crippen molar-refractivity contribution in [1.82, 2.24) is 0 Å². The van der Waals surface area contributed by atoms with Crippen LogP contribution in [-0.2, 0) is 14.3 Å². The molecule has 2 N–H and O–H groups in total. The van der Waals surface area contributed by atoms with E-state index < -0.39 is 5.97 Å². The molecule has 0 radical (unpaired) electrons. The van der Waals surface area contributed by atoms with Crippen molar-refractivity contribution in [2.24, 2.45) is 0 Å². The van der Waals surface area contributed by atoms with Crippen LogP contribution < -0.4 is 0 Å². The van der Waals surface area contributed by atoms with Crippen molar-refractivity contribution < 1.29 is 24.5 Å². The standard InChI is InChI=1S/C36H70O5/c1-3-5-7-9-10-11-12-13-14-18-21-25-29-34(31-32-35(38)39)41-36(40)30-26-22-19-16-15-17-20-24-28-33(37)27-23-8-6-4-2/h33-34,37H,3-32H2,1-2H3,(H,38,39). The molecule has 0 saturated heterocycles. The van der Waals surface area contributed by atoms with Gasteiger partial charge in [-0.25, -0.2) is 0 Å². The van der Waals surface area contributed by atoms with Crippen LogP contribution in [0.5, 0.6) is 0 Å². The Balaban J connectivity index is 3.76. The molecule has 41 heavy (non-hydrogen) atoms. The molecule has 0 rings (SSSR count). The van der Waals surface area contributed by atoms with E-state index in [-0.39, 0.29) is 24.6 Å². The van der Waals surface area contributed by atoms with E-state index in [4.69, 9.17) is 9.84 Å². The van der Waals surface area contributed by atoms with Gasteiger partial charge in [-0.2, -0.15) is 0 Å². The third-order valence-corrected chi connectivity index (χ3v) is 8.42. The number of aliphatic carboxylic acids is 1. The average molecular weight is 583 g/mol. The van der Waals surface area contributed by atoms with Crippen LogP contribution in [0.1, 0.15) is 206 Å². The minimum absolute atomic E-state index is 0.0636. The summed E-state index contributed by atoms with van der Waals surface area (Å²) in [5.74, 6) is -0.980. The molecule has 0 bridgehead atoms. The molecule has 0 aliphatic heterocycles. The lowest BCUT2D eigenvalue weighted by Gasteiger charge is -2.17. The fraction of sp³-hybridized carbons (Fsp3) is 0.944. The molecule has 2 atom stereocenters. The predicted molar refractivity (Wildman–Crippen MR) is 173 cm³/mol. The Bertz CT molecular complexity index is 564. The van der Waals surface area contributed by atoms with Crippen molar-refractivity contribution in [3.63, 3.8) is 0 Å². The van der Waals surface area contributed by atoms with Crippen molar-refractivity contribution in [3.05, 3.63) is 0 Å². The SMILES string of the molecule is CCCCCCCCCCCCCCC(CCC(=O)O)OC(=O)CCCCCCCCCCC(O)CCCCCC. The highest BCUT2D eigenvalue weighted by atomic mass is 16.5. The minimum Gasteiger partial charge on any atom is -0.481 e. The number of aliphatic hydroxyl groups excluding tert-OH is 1. The normalized spacial score (nSPS) is 12.9. The first-order valence-electron chi connectivity index (χ1n) is 18.1. The number of hydrogen-bond donors (Lipinski definition) is 2. The third kappa shape index (κ3) is 31.7. The van der Waals surface area contributed by atoms with Crippen LogP contribution in [0, 0.1) is 0 Å². The van der Waals surface area contributed by atoms with Crippen molar-refractivity contribution in [3.8, 4) is 0 Å². The van der Waals surface area contributed by atoms with Crippen molar-refractivity contribution in [1.29, 1.82) is 0 Å². The summed E-state index contributed by atoms with van der Waals surface area (Å²) < 4.78 is 5.71. The quantitative estimate of drug-likeness (QED) is 0.0594. The molecule has 0 aliphatic carbocycles. The van der Waals surface area contributed by atoms with Gasteiger partial charge >= 0.3 is 11.9 Å². The molecule has 0 fully saturated rings. The number of hydrogen-bond acceptors (Lipinski definition) is 4. The first-order valence-corrected chi connectivity index (χ1v) is 18.1. The first kappa shape index (κ1) is 39.9. The zero-order valence-corrected chi connectivity index (χ0v) is 27.5. The number of aliphatic hydroxyl groups is 1. The number of carboxylic acids is 1. The van der Waals surface area contributed by atoms with Crippen molar-refractivity contribution >= 4 is 11.9 Å². The fourth-order valence-electron chi connectivity index (χ4n) is 5.67. The van der Waals surface area contributed by atoms with E-state index in [0.717, 1.165) is 64.2 Å². The van der Waals surface area contributed by atoms with E-state index >= 15 is 0 Å². The molecular weight excluding hydrogens is 512 g/mol. The number of carbonyl (C=O) groups excluding carboxylic acids is 1. The molecule has 0 saturated carbocycles. The van der Waals surface area contributed by atoms with Gasteiger partial charge in [-0.15, -0.1) is 0 Å². The Morgan fingerprint density at radius 2 is 0.854 bits per heavy atom. The summed E-state index contributed by atoms with van der Waals surface area (Å²) in [7, 11) is 0. The molecule has 0 aromatic carbocycles. The molecule has 0 amide bonds. The largest absolute Gasteiger partial charge is 0.481 e. The van der Waals surface area contributed by atoms with Gasteiger partial charge in [0, 0.05) is 12.8 Å². The van der Waals surface area contributed by atoms with E-state index in [2.05, 4.69) is 13.8 Å². The van der Waals surface area contributed by atoms with Gasteiger partial charge < -0.3 is 14.9 Å². The second kappa shape index (κ2) is 31.8. The summed E-state index contributed by atoms with van der Waals surface area (Å²) in [5, 5.41) is 19.1. The van der Waals surface area contributed by atoms with Crippen LogP contribution in [0.3, 0.4) is 0 Å². The van der Waals surface area contributed by atoms with E-state index in [1.54, 1.807) is 0 Å². The molecular formula is C36H70O5. The highest BCUT2D eigenvalue weighted by molar-refractivity contribution is 5.69. The van der Waals surface area contributed by atoms with Crippen LogP contribution in [0.25, 0.3) is 0 Å². The Morgan fingerprint density at radius 3 is 1.29 bits per heavy atom. The van der Waals surface area contributed by atoms with Gasteiger partial charge in [0.25, 0.3) is 0 Å². The van der Waals surface area contributed by atoms with Gasteiger partial charge in [0.15, 0.2) is 0 Å². The van der Waals surface area contributed by atoms with Gasteiger partial charge in [-0.1, -0.05) is 155 Å². The highest BCUT2D eigenvalue weighted by Crippen LogP contribution is 2.18. The summed E-state index contributed by atoms with van der Waals surface area (Å²) in [5.41, 5.74) is 0. The van der Waals surface area contributed by atoms with Crippen LogP contribution in [0.2, 0.25) is 0 Å². The molecule has 0 aromatic rings. The zero-order valence-electron chi connectivity index (χ0n) is 27.5. The highest BCUT2D eigenvalue weighted by Gasteiger charge is 2.16. The molecule has 5 heteroatoms. The number of carbonyl (C=O) groups is 2. The monoisotopic (exact) mass is 583 g/mol. The first-order chi connectivity index (χ1) is 20.0. The molecule has 244 valence electrons. The Morgan fingerprint density at radius 1 is 0.488 bits per heavy atom. The molecule has 0 aromatic heterocycles. The maximum absolute atomic E-state index is 12.4. The van der Waals surface area contributed by atoms with Crippen LogP contribution in [0.15, 0.2) is 0 Å². The van der Waals surface area contributed by atoms with Crippen molar-refractivity contribution in [2.45, 2.75) is 219 Å². The molecule has 5 nitrogen and oxygen atoms in total. The molecule has 0 spiro atoms. The number of esters is 1. The lowest BCUT2D eigenvalue weighted by molar-refractivity contribution is -0.151. The Labute approximate surface area is 255 Å². The van der Waals surface area contributed by atoms with Crippen molar-refractivity contribution in [2.75, 3.05) is 0 Å². The van der Waals surface area contributed by atoms with Gasteiger partial charge in [0.05, 0.1) is 6.10 Å². The van der Waals surface area contributed by atoms with E-state index in [9.17, 15) is 14.7 Å². The number of carboxylic acid groups (broad SMARTS) is 1. The second-order valence-electron chi connectivity index (χ2n) is 12.6. The summed E-state index contributed by atoms with van der Waals surface area (Å²) in [6.45, 7) is 4.48. The molecule has 0 aliphatic rings. The van der Waals surface area contributed by atoms with Gasteiger partial charge in [-0.05, 0) is 38.5 Å². The Kier molecular flexibility index (Phi) is 31.0. The maximum Gasteiger partial charge on any atom is 0.306 e. The summed E-state index contributed by atoms with van der Waals surface area (Å²) in [6, 6.07) is 0. The van der Waals surface area contributed by atoms with Crippen LogP contribution in [0.4, 0.5) is 0 Å². The lowest BCUT2D eigenvalue weighted by Crippen LogP contribution is -2.19. The smallest absolute Gasteiger partial charge is 0.306 e. The topological polar surface area (TPSA) is 83.8 Å². The second-order valence-corrected chi connectivity index (χ2v) is 12.6. The van der Waals surface area contributed by atoms with E-state index in [1.807, 2.05) is 0 Å². The number of unbranched alkanes of at least 4 members (excludes halogenated alkanes) is 21. The van der Waals surface area contributed by atoms with E-state index in [1.165, 1.54) is 109 Å². The fourth-order valence-corrected chi connectivity index (χ4v) is 5.67. The summed E-state index contributed by atoms with van der Waals surface area (Å²) in [4.78, 5) is 23.4. The lowest BCUT2D eigenvalue weighted by atomic mass is 10.0. The van der Waals surface area contributed by atoms with Gasteiger partial charge in [0.1, 0.15) is 6.10 Å². The molecule has 0 heterocycles. The summed E-state index contributed by atoms with van der Waals surface area (Å²) in [6.07, 6.45) is 32.7. The third-order valence-electron chi connectivity index (χ3n) is 8.42. The van der Waals surface area contributed by atoms with Gasteiger partial charge in [-0.3, -0.25) is 9.59 Å². The Hall–Kier alpha value is -1.10. The minimum atomic E-state index is -0.820.